The Morgan fingerprint density at radius 1 is 1.33 bits per heavy atom. The molecule has 1 unspecified atom stereocenters. The number of hydrogen-bond acceptors (Lipinski definition) is 0. The quantitative estimate of drug-likeness (QED) is 0.605. The van der Waals surface area contributed by atoms with Crippen molar-refractivity contribution in [1.82, 2.24) is 0 Å². The van der Waals surface area contributed by atoms with Crippen molar-refractivity contribution in [3.63, 3.8) is 0 Å². The maximum atomic E-state index is 13.0. The third-order valence-corrected chi connectivity index (χ3v) is 4.10. The van der Waals surface area contributed by atoms with Crippen LogP contribution in [0.5, 0.6) is 0 Å². The number of alkyl halides is 2. The molecule has 0 nitrogen and oxygen atoms in total. The Balaban J connectivity index is 2.65. The minimum absolute atomic E-state index is 0.0919. The van der Waals surface area contributed by atoms with Gasteiger partial charge in [-0.05, 0) is 32.6 Å². The summed E-state index contributed by atoms with van der Waals surface area (Å²) in [6.45, 7) is 0.875. The van der Waals surface area contributed by atoms with Crippen LogP contribution in [0.25, 0.3) is 0 Å². The zero-order valence-electron chi connectivity index (χ0n) is 8.90. The summed E-state index contributed by atoms with van der Waals surface area (Å²) in [6.07, 6.45) is 3.31. The van der Waals surface area contributed by atoms with E-state index in [0.29, 0.717) is 12.8 Å². The molecule has 0 heterocycles. The van der Waals surface area contributed by atoms with Gasteiger partial charge >= 0.3 is 0 Å². The molecule has 0 saturated carbocycles. The molecule has 0 aliphatic heterocycles. The number of rotatable bonds is 2. The molecule has 0 aromatic carbocycles. The molecule has 0 aromatic rings. The number of allylic oxidation sites excluding steroid dienone is 2. The highest BCUT2D eigenvalue weighted by Gasteiger charge is 2.35. The molecule has 1 atom stereocenters. The summed E-state index contributed by atoms with van der Waals surface area (Å²) in [7, 11) is -3.70. The number of hydrogen-bond donors (Lipinski definition) is 0. The van der Waals surface area contributed by atoms with Gasteiger partial charge in [0.1, 0.15) is 0 Å². The highest BCUT2D eigenvalue weighted by Crippen LogP contribution is 2.58. The maximum absolute atomic E-state index is 13.0. The molecule has 1 aliphatic rings. The van der Waals surface area contributed by atoms with Gasteiger partial charge in [0.05, 0.1) is 10.8 Å². The third-order valence-electron chi connectivity index (χ3n) is 2.80. The minimum Gasteiger partial charge on any atom is -0.207 e. The van der Waals surface area contributed by atoms with E-state index in [4.69, 9.17) is 0 Å². The predicted octanol–water partition coefficient (Wildman–Crippen LogP) is 4.92. The van der Waals surface area contributed by atoms with Crippen molar-refractivity contribution in [3.8, 4) is 0 Å². The van der Waals surface area contributed by atoms with Crippen molar-refractivity contribution in [2.75, 3.05) is 6.26 Å². The summed E-state index contributed by atoms with van der Waals surface area (Å²) >= 11 is 0. The van der Waals surface area contributed by atoms with Crippen LogP contribution in [0.3, 0.4) is 0 Å². The fourth-order valence-electron chi connectivity index (χ4n) is 1.84. The van der Waals surface area contributed by atoms with Gasteiger partial charge in [0.15, 0.2) is 0 Å². The largest absolute Gasteiger partial charge is 0.248 e. The highest BCUT2D eigenvalue weighted by atomic mass is 32.3. The molecule has 0 aromatic heterocycles. The van der Waals surface area contributed by atoms with Crippen LogP contribution in [0.2, 0.25) is 0 Å². The molecule has 0 saturated heterocycles. The fourth-order valence-corrected chi connectivity index (χ4v) is 2.73. The fraction of sp³-hybridized carbons (Fsp3) is 0.800. The van der Waals surface area contributed by atoms with Crippen LogP contribution in [0.1, 0.15) is 32.6 Å². The standard InChI is InChI=1S/C10H16F4S/c1-10(11,12)8-4-3-5-9(7-6-8)15(2,13)14/h5,8H,3-4,6-7H2,1-2H3. The van der Waals surface area contributed by atoms with E-state index in [1.54, 1.807) is 0 Å². The summed E-state index contributed by atoms with van der Waals surface area (Å²) in [5, 5.41) is 0. The normalized spacial score (nSPS) is 25.7. The molecule has 5 heteroatoms. The van der Waals surface area contributed by atoms with E-state index in [-0.39, 0.29) is 17.7 Å². The Kier molecular flexibility index (Phi) is 3.74. The van der Waals surface area contributed by atoms with Gasteiger partial charge in [0, 0.05) is 17.1 Å². The Hall–Kier alpha value is -0.190. The van der Waals surface area contributed by atoms with E-state index in [9.17, 15) is 16.6 Å². The van der Waals surface area contributed by atoms with Crippen molar-refractivity contribution in [1.29, 1.82) is 0 Å². The molecule has 15 heavy (non-hydrogen) atoms. The average Bonchev–Trinajstić information content (AvgIpc) is 2.24. The van der Waals surface area contributed by atoms with Gasteiger partial charge in [-0.2, -0.15) is 7.77 Å². The van der Waals surface area contributed by atoms with Gasteiger partial charge in [-0.1, -0.05) is 6.08 Å². The topological polar surface area (TPSA) is 0 Å². The van der Waals surface area contributed by atoms with E-state index < -0.39 is 22.6 Å². The lowest BCUT2D eigenvalue weighted by molar-refractivity contribution is -0.0446. The Labute approximate surface area is 89.6 Å². The van der Waals surface area contributed by atoms with Crippen LogP contribution in [0.4, 0.5) is 16.6 Å². The van der Waals surface area contributed by atoms with Crippen molar-refractivity contribution < 1.29 is 16.6 Å². The number of halogens is 4. The first-order valence-corrected chi connectivity index (χ1v) is 6.80. The van der Waals surface area contributed by atoms with E-state index >= 15 is 0 Å². The zero-order chi connectivity index (χ0) is 11.7. The third kappa shape index (κ3) is 3.70. The van der Waals surface area contributed by atoms with Crippen LogP contribution >= 0.6 is 10.8 Å². The molecule has 0 N–H and O–H groups in total. The average molecular weight is 244 g/mol. The van der Waals surface area contributed by atoms with Crippen LogP contribution < -0.4 is 0 Å². The smallest absolute Gasteiger partial charge is 0.207 e. The van der Waals surface area contributed by atoms with E-state index in [0.717, 1.165) is 13.2 Å². The Morgan fingerprint density at radius 3 is 2.40 bits per heavy atom. The molecule has 1 rings (SSSR count). The van der Waals surface area contributed by atoms with E-state index in [1.807, 2.05) is 0 Å². The van der Waals surface area contributed by atoms with Crippen LogP contribution in [0.15, 0.2) is 11.0 Å². The molecular weight excluding hydrogens is 228 g/mol. The molecule has 0 fully saturated rings. The van der Waals surface area contributed by atoms with Gasteiger partial charge in [-0.3, -0.25) is 0 Å². The van der Waals surface area contributed by atoms with Gasteiger partial charge in [-0.15, -0.1) is 0 Å². The first-order chi connectivity index (χ1) is 6.71. The molecule has 0 bridgehead atoms. The second kappa shape index (κ2) is 4.36. The Bertz CT molecular complexity index is 249. The van der Waals surface area contributed by atoms with E-state index in [1.165, 1.54) is 6.08 Å². The molecule has 1 aliphatic carbocycles. The zero-order valence-corrected chi connectivity index (χ0v) is 9.72. The summed E-state index contributed by atoms with van der Waals surface area (Å²) in [5.41, 5.74) is 0. The second-order valence-corrected chi connectivity index (χ2v) is 6.14. The first kappa shape index (κ1) is 12.9. The van der Waals surface area contributed by atoms with Crippen LogP contribution in [-0.2, 0) is 0 Å². The molecule has 0 radical (unpaired) electrons. The monoisotopic (exact) mass is 244 g/mol. The van der Waals surface area contributed by atoms with Crippen molar-refractivity contribution in [2.24, 2.45) is 5.92 Å². The van der Waals surface area contributed by atoms with Crippen LogP contribution in [-0.4, -0.2) is 12.2 Å². The van der Waals surface area contributed by atoms with E-state index in [2.05, 4.69) is 0 Å². The summed E-state index contributed by atoms with van der Waals surface area (Å²) in [6, 6.07) is 0. The lowest BCUT2D eigenvalue weighted by Gasteiger charge is -2.23. The summed E-state index contributed by atoms with van der Waals surface area (Å²) in [5.74, 6) is -3.50. The lowest BCUT2D eigenvalue weighted by Crippen LogP contribution is -2.23. The van der Waals surface area contributed by atoms with Gasteiger partial charge in [0.2, 0.25) is 5.92 Å². The second-order valence-electron chi connectivity index (χ2n) is 4.17. The SMILES string of the molecule is CC(F)(F)C1CCC=C(S(C)(F)F)CC1. The molecule has 90 valence electrons. The molecule has 0 spiro atoms. The maximum Gasteiger partial charge on any atom is 0.248 e. The van der Waals surface area contributed by atoms with Crippen molar-refractivity contribution >= 4 is 10.8 Å². The van der Waals surface area contributed by atoms with Gasteiger partial charge in [0.25, 0.3) is 0 Å². The van der Waals surface area contributed by atoms with Crippen molar-refractivity contribution in [2.45, 2.75) is 38.5 Å². The first-order valence-electron chi connectivity index (χ1n) is 4.95. The van der Waals surface area contributed by atoms with Gasteiger partial charge in [-0.25, -0.2) is 8.78 Å². The molecule has 0 amide bonds. The minimum atomic E-state index is -3.70. The van der Waals surface area contributed by atoms with Gasteiger partial charge < -0.3 is 0 Å². The lowest BCUT2D eigenvalue weighted by atomic mass is 9.94. The van der Waals surface area contributed by atoms with Crippen LogP contribution in [0, 0.1) is 5.92 Å². The summed E-state index contributed by atoms with van der Waals surface area (Å²) < 4.78 is 52.1. The summed E-state index contributed by atoms with van der Waals surface area (Å²) in [4.78, 5) is 0.0919. The van der Waals surface area contributed by atoms with Crippen molar-refractivity contribution in [3.05, 3.63) is 11.0 Å². The molecular formula is C10H16F4S. The predicted molar refractivity (Wildman–Crippen MR) is 56.4 cm³/mol. The highest BCUT2D eigenvalue weighted by molar-refractivity contribution is 8.28. The Morgan fingerprint density at radius 2 is 1.93 bits per heavy atom.